The summed E-state index contributed by atoms with van der Waals surface area (Å²) >= 11 is 0. The zero-order valence-corrected chi connectivity index (χ0v) is 24.1. The first kappa shape index (κ1) is 28.3. The summed E-state index contributed by atoms with van der Waals surface area (Å²) in [6.07, 6.45) is 0.911. The molecule has 0 unspecified atom stereocenters. The number of carbonyl (C=O) groups is 2. The van der Waals surface area contributed by atoms with Crippen molar-refractivity contribution in [1.29, 1.82) is 0 Å². The third-order valence-electron chi connectivity index (χ3n) is 7.51. The second-order valence-corrected chi connectivity index (χ2v) is 12.8. The van der Waals surface area contributed by atoms with Crippen LogP contribution >= 0.6 is 0 Å². The van der Waals surface area contributed by atoms with Crippen LogP contribution in [-0.2, 0) is 10.8 Å². The third-order valence-corrected chi connectivity index (χ3v) is 7.51. The van der Waals surface area contributed by atoms with Crippen LogP contribution in [0, 0.1) is 5.41 Å². The van der Waals surface area contributed by atoms with Gasteiger partial charge in [0, 0.05) is 18.0 Å². The number of nitrogens with zero attached hydrogens (tertiary/aromatic N) is 3. The fourth-order valence-electron chi connectivity index (χ4n) is 5.61. The number of hydrogen-bond acceptors (Lipinski definition) is 5. The summed E-state index contributed by atoms with van der Waals surface area (Å²) in [5.41, 5.74) is 3.45. The zero-order valence-electron chi connectivity index (χ0n) is 24.1. The predicted molar refractivity (Wildman–Crippen MR) is 156 cm³/mol. The number of carbonyl (C=O) groups excluding carboxylic acids is 2. The molecule has 1 N–H and O–H groups in total. The molecule has 6 nitrogen and oxygen atoms in total. The lowest BCUT2D eigenvalue weighted by Crippen LogP contribution is -2.26. The highest BCUT2D eigenvalue weighted by molar-refractivity contribution is 6.37. The molecule has 0 atom stereocenters. The Bertz CT molecular complexity index is 1480. The number of azo groups is 1. The second kappa shape index (κ2) is 9.78. The van der Waals surface area contributed by atoms with E-state index in [0.29, 0.717) is 5.69 Å². The van der Waals surface area contributed by atoms with Crippen LogP contribution < -0.4 is 5.46 Å². The van der Waals surface area contributed by atoms with Crippen LogP contribution in [0.2, 0.25) is 0 Å². The number of imide groups is 1. The largest absolute Gasteiger partial charge is 0.505 e. The van der Waals surface area contributed by atoms with E-state index in [2.05, 4.69) is 64.8 Å². The molecule has 0 aromatic heterocycles. The Labute approximate surface area is 232 Å². The molecule has 1 heterocycles. The van der Waals surface area contributed by atoms with Gasteiger partial charge in [-0.15, -0.1) is 5.11 Å². The smallest absolute Gasteiger partial charge is 0.261 e. The van der Waals surface area contributed by atoms with Crippen molar-refractivity contribution in [2.75, 3.05) is 7.05 Å². The Hall–Kier alpha value is -3.74. The molecule has 1 aliphatic heterocycles. The number of hydrogen-bond donors (Lipinski definition) is 1. The molecule has 7 heteroatoms. The van der Waals surface area contributed by atoms with E-state index in [9.17, 15) is 14.7 Å². The highest BCUT2D eigenvalue weighted by atomic mass is 16.3. The van der Waals surface area contributed by atoms with Crippen molar-refractivity contribution in [2.24, 2.45) is 15.6 Å². The summed E-state index contributed by atoms with van der Waals surface area (Å²) in [6, 6.07) is 16.9. The van der Waals surface area contributed by atoms with Gasteiger partial charge in [0.05, 0.1) is 16.8 Å². The van der Waals surface area contributed by atoms with E-state index in [1.807, 2.05) is 36.4 Å². The van der Waals surface area contributed by atoms with Crippen LogP contribution in [0.1, 0.15) is 92.3 Å². The number of fused-ring (bicyclic) bond motifs is 1. The fraction of sp³-hybridized carbons (Fsp3) is 0.375. The van der Waals surface area contributed by atoms with Crippen molar-refractivity contribution in [3.8, 4) is 5.75 Å². The minimum absolute atomic E-state index is 0.0358. The Morgan fingerprint density at radius 2 is 1.36 bits per heavy atom. The summed E-state index contributed by atoms with van der Waals surface area (Å²) in [5.74, 6) is -0.773. The van der Waals surface area contributed by atoms with Crippen molar-refractivity contribution in [3.63, 3.8) is 0 Å². The number of rotatable bonds is 6. The SMILES string of the molecule is [B]c1cc2c(cc1N=Nc1cc(C(C)(C)CC(C)(C)C)cc(C(C)(C)c3ccccc3)c1O)C(=O)N(C)C2=O. The van der Waals surface area contributed by atoms with Crippen molar-refractivity contribution in [1.82, 2.24) is 4.90 Å². The summed E-state index contributed by atoms with van der Waals surface area (Å²) in [6.45, 7) is 15.2. The Balaban J connectivity index is 1.87. The summed E-state index contributed by atoms with van der Waals surface area (Å²) in [5, 5.41) is 20.3. The molecular weight excluding hydrogens is 485 g/mol. The van der Waals surface area contributed by atoms with Gasteiger partial charge in [0.2, 0.25) is 0 Å². The van der Waals surface area contributed by atoms with E-state index in [-0.39, 0.29) is 38.9 Å². The Morgan fingerprint density at radius 1 is 0.795 bits per heavy atom. The van der Waals surface area contributed by atoms with E-state index in [1.54, 1.807) is 0 Å². The summed E-state index contributed by atoms with van der Waals surface area (Å²) < 4.78 is 0. The van der Waals surface area contributed by atoms with Gasteiger partial charge in [-0.1, -0.05) is 96.4 Å². The van der Waals surface area contributed by atoms with Gasteiger partial charge in [-0.25, -0.2) is 0 Å². The molecule has 39 heavy (non-hydrogen) atoms. The standard InChI is InChI=1S/C32H36BN3O3/c1-30(2,3)18-31(4,5)20-14-23(32(6,7)19-12-10-9-11-13-19)27(37)26(15-20)35-34-25-17-22-21(16-24(25)33)28(38)36(8)29(22)39/h9-17,37H,18H2,1-8H3. The van der Waals surface area contributed by atoms with E-state index in [0.717, 1.165) is 28.0 Å². The van der Waals surface area contributed by atoms with Crippen molar-refractivity contribution < 1.29 is 14.7 Å². The predicted octanol–water partition coefficient (Wildman–Crippen LogP) is 6.87. The summed E-state index contributed by atoms with van der Waals surface area (Å²) in [7, 11) is 7.63. The highest BCUT2D eigenvalue weighted by Gasteiger charge is 2.34. The third kappa shape index (κ3) is 5.40. The van der Waals surface area contributed by atoms with E-state index in [4.69, 9.17) is 7.85 Å². The van der Waals surface area contributed by atoms with E-state index in [1.165, 1.54) is 19.2 Å². The molecule has 0 spiro atoms. The maximum Gasteiger partial charge on any atom is 0.261 e. The van der Waals surface area contributed by atoms with Gasteiger partial charge in [-0.2, -0.15) is 5.11 Å². The second-order valence-electron chi connectivity index (χ2n) is 12.8. The van der Waals surface area contributed by atoms with Crippen LogP contribution in [-0.4, -0.2) is 36.7 Å². The number of benzene rings is 3. The van der Waals surface area contributed by atoms with Gasteiger partial charge in [0.25, 0.3) is 11.8 Å². The number of aromatic hydroxyl groups is 1. The topological polar surface area (TPSA) is 82.3 Å². The quantitative estimate of drug-likeness (QED) is 0.218. The molecule has 2 radical (unpaired) electrons. The molecule has 0 saturated carbocycles. The molecule has 0 bridgehead atoms. The lowest BCUT2D eigenvalue weighted by Gasteiger charge is -2.35. The van der Waals surface area contributed by atoms with E-state index < -0.39 is 17.2 Å². The Morgan fingerprint density at radius 3 is 1.95 bits per heavy atom. The minimum atomic E-state index is -0.520. The van der Waals surface area contributed by atoms with Crippen molar-refractivity contribution >= 4 is 36.5 Å². The van der Waals surface area contributed by atoms with Gasteiger partial charge in [0.15, 0.2) is 0 Å². The van der Waals surface area contributed by atoms with Gasteiger partial charge >= 0.3 is 0 Å². The molecule has 0 aliphatic carbocycles. The normalized spacial score (nSPS) is 14.4. The van der Waals surface area contributed by atoms with Crippen LogP contribution in [0.25, 0.3) is 0 Å². The maximum absolute atomic E-state index is 12.5. The van der Waals surface area contributed by atoms with Crippen molar-refractivity contribution in [3.05, 3.63) is 82.4 Å². The molecule has 2 amide bonds. The van der Waals surface area contributed by atoms with Gasteiger partial charge in [-0.05, 0) is 40.5 Å². The number of phenolic OH excluding ortho intramolecular Hbond substituents is 1. The number of phenols is 1. The fourth-order valence-corrected chi connectivity index (χ4v) is 5.61. The lowest BCUT2D eigenvalue weighted by molar-refractivity contribution is 0.0693. The van der Waals surface area contributed by atoms with Gasteiger partial charge < -0.3 is 5.11 Å². The van der Waals surface area contributed by atoms with E-state index >= 15 is 0 Å². The molecular formula is C32H36BN3O3. The first-order valence-electron chi connectivity index (χ1n) is 13.1. The van der Waals surface area contributed by atoms with Crippen LogP contribution in [0.4, 0.5) is 11.4 Å². The molecule has 3 aromatic carbocycles. The minimum Gasteiger partial charge on any atom is -0.505 e. The summed E-state index contributed by atoms with van der Waals surface area (Å²) in [4.78, 5) is 25.9. The zero-order chi connectivity index (χ0) is 28.9. The maximum atomic E-state index is 12.5. The average molecular weight is 521 g/mol. The molecule has 3 aromatic rings. The molecule has 200 valence electrons. The lowest BCUT2D eigenvalue weighted by atomic mass is 9.70. The Kier molecular flexibility index (Phi) is 7.09. The highest BCUT2D eigenvalue weighted by Crippen LogP contribution is 2.46. The molecule has 1 aliphatic rings. The molecule has 0 fully saturated rings. The first-order chi connectivity index (χ1) is 18.0. The average Bonchev–Trinajstić information content (AvgIpc) is 3.05. The monoisotopic (exact) mass is 521 g/mol. The van der Waals surface area contributed by atoms with Crippen LogP contribution in [0.3, 0.4) is 0 Å². The molecule has 4 rings (SSSR count). The van der Waals surface area contributed by atoms with Gasteiger partial charge in [-0.3, -0.25) is 14.5 Å². The van der Waals surface area contributed by atoms with Crippen LogP contribution in [0.5, 0.6) is 5.75 Å². The molecule has 0 saturated heterocycles. The van der Waals surface area contributed by atoms with Gasteiger partial charge in [0.1, 0.15) is 19.3 Å². The first-order valence-corrected chi connectivity index (χ1v) is 13.1. The van der Waals surface area contributed by atoms with Crippen molar-refractivity contribution in [2.45, 2.75) is 65.7 Å². The van der Waals surface area contributed by atoms with Crippen LogP contribution in [0.15, 0.2) is 64.8 Å². The number of amides is 2.